The van der Waals surface area contributed by atoms with Crippen molar-refractivity contribution in [1.29, 1.82) is 0 Å². The summed E-state index contributed by atoms with van der Waals surface area (Å²) in [5.41, 5.74) is 11.7. The predicted molar refractivity (Wildman–Crippen MR) is 156 cm³/mol. The fourth-order valence-electron chi connectivity index (χ4n) is 7.26. The molecule has 0 heterocycles. The van der Waals surface area contributed by atoms with Gasteiger partial charge in [0.25, 0.3) is 0 Å². The minimum atomic E-state index is -0.183. The third-order valence-electron chi connectivity index (χ3n) is 9.14. The number of fused-ring (bicyclic) bond motifs is 6. The molecule has 0 N–H and O–H groups in total. The molecule has 8 rings (SSSR count). The highest BCUT2D eigenvalue weighted by molar-refractivity contribution is 6.42. The van der Waals surface area contributed by atoms with Crippen molar-refractivity contribution in [2.24, 2.45) is 0 Å². The Kier molecular flexibility index (Phi) is 4.45. The van der Waals surface area contributed by atoms with Gasteiger partial charge in [-0.1, -0.05) is 98.8 Å². The monoisotopic (exact) mass is 502 g/mol. The molecule has 2 heteroatoms. The molecule has 3 aliphatic rings. The van der Waals surface area contributed by atoms with Crippen LogP contribution in [0.5, 0.6) is 0 Å². The largest absolute Gasteiger partial charge is 0.288 e. The number of carbonyl (C=O) groups is 2. The van der Waals surface area contributed by atoms with E-state index in [4.69, 9.17) is 0 Å². The van der Waals surface area contributed by atoms with Crippen molar-refractivity contribution < 1.29 is 9.59 Å². The lowest BCUT2D eigenvalue weighted by molar-refractivity contribution is 0.0990. The number of hydrogen-bond acceptors (Lipinski definition) is 2. The maximum Gasteiger partial charge on any atom is 0.197 e. The Morgan fingerprint density at radius 2 is 1.33 bits per heavy atom. The summed E-state index contributed by atoms with van der Waals surface area (Å²) in [7, 11) is 0. The van der Waals surface area contributed by atoms with Crippen LogP contribution in [-0.2, 0) is 11.8 Å². The van der Waals surface area contributed by atoms with Crippen LogP contribution < -0.4 is 0 Å². The maximum atomic E-state index is 13.4. The molecule has 0 bridgehead atoms. The van der Waals surface area contributed by atoms with Gasteiger partial charge in [0, 0.05) is 22.5 Å². The standard InChI is InChI=1S/C37H26O2/c1-37(2)31-12-6-5-11-27(31)34-26-15-14-21(16-25(26)18-24-10-7-13-32(37)33(24)34)17-30-35(38)28-19-22-8-3-4-9-23(22)20-29(28)36(30)39/h3-17,19-20,34H,18H2,1-2H3. The molecule has 0 aliphatic heterocycles. The summed E-state index contributed by atoms with van der Waals surface area (Å²) in [5.74, 6) is -0.175. The van der Waals surface area contributed by atoms with Crippen molar-refractivity contribution in [3.05, 3.63) is 158 Å². The van der Waals surface area contributed by atoms with Crippen molar-refractivity contribution in [1.82, 2.24) is 0 Å². The third kappa shape index (κ3) is 3.03. The molecule has 0 amide bonds. The summed E-state index contributed by atoms with van der Waals surface area (Å²) in [4.78, 5) is 26.7. The Labute approximate surface area is 227 Å². The molecule has 39 heavy (non-hydrogen) atoms. The van der Waals surface area contributed by atoms with Crippen LogP contribution in [0, 0.1) is 0 Å². The van der Waals surface area contributed by atoms with E-state index >= 15 is 0 Å². The van der Waals surface area contributed by atoms with Crippen LogP contribution in [-0.4, -0.2) is 11.6 Å². The third-order valence-corrected chi connectivity index (χ3v) is 9.14. The van der Waals surface area contributed by atoms with Crippen molar-refractivity contribution >= 4 is 28.4 Å². The highest BCUT2D eigenvalue weighted by Crippen LogP contribution is 2.53. The molecule has 0 fully saturated rings. The fourth-order valence-corrected chi connectivity index (χ4v) is 7.26. The Morgan fingerprint density at radius 1 is 0.667 bits per heavy atom. The van der Waals surface area contributed by atoms with Crippen LogP contribution in [0.2, 0.25) is 0 Å². The lowest BCUT2D eigenvalue weighted by atomic mass is 9.60. The molecule has 2 nitrogen and oxygen atoms in total. The number of hydrogen-bond donors (Lipinski definition) is 0. The van der Waals surface area contributed by atoms with E-state index in [9.17, 15) is 9.59 Å². The summed E-state index contributed by atoms with van der Waals surface area (Å²) in [6, 6.07) is 33.6. The van der Waals surface area contributed by atoms with Crippen LogP contribution in [0.25, 0.3) is 16.8 Å². The lowest BCUT2D eigenvalue weighted by Gasteiger charge is -2.43. The quantitative estimate of drug-likeness (QED) is 0.168. The van der Waals surface area contributed by atoms with E-state index in [0.29, 0.717) is 11.1 Å². The van der Waals surface area contributed by atoms with Gasteiger partial charge in [-0.15, -0.1) is 0 Å². The first kappa shape index (κ1) is 22.4. The lowest BCUT2D eigenvalue weighted by Crippen LogP contribution is -2.32. The second kappa shape index (κ2) is 7.74. The molecule has 1 atom stereocenters. The van der Waals surface area contributed by atoms with Gasteiger partial charge in [0.05, 0.1) is 5.57 Å². The molecule has 5 aromatic rings. The SMILES string of the molecule is CC1(C)c2ccccc2C2c3ccc(C=C4C(=O)c5cc6ccccc6cc5C4=O)cc3Cc3cccc1c32. The number of Topliss-reactive ketones (excluding diaryl/α,β-unsaturated/α-hetero) is 2. The van der Waals surface area contributed by atoms with Gasteiger partial charge in [-0.05, 0) is 79.9 Å². The van der Waals surface area contributed by atoms with Crippen LogP contribution in [0.15, 0.2) is 103 Å². The Hall–Kier alpha value is -4.56. The smallest absolute Gasteiger partial charge is 0.197 e. The van der Waals surface area contributed by atoms with E-state index in [2.05, 4.69) is 74.5 Å². The molecule has 0 radical (unpaired) electrons. The van der Waals surface area contributed by atoms with E-state index in [1.807, 2.05) is 36.4 Å². The molecular weight excluding hydrogens is 476 g/mol. The number of allylic oxidation sites excluding steroid dienone is 1. The first-order chi connectivity index (χ1) is 18.9. The minimum Gasteiger partial charge on any atom is -0.288 e. The van der Waals surface area contributed by atoms with Crippen molar-refractivity contribution in [2.45, 2.75) is 31.6 Å². The summed E-state index contributed by atoms with van der Waals surface area (Å²) < 4.78 is 0. The Morgan fingerprint density at radius 3 is 2.08 bits per heavy atom. The fraction of sp³-hybridized carbons (Fsp3) is 0.135. The average Bonchev–Trinajstić information content (AvgIpc) is 3.17. The number of rotatable bonds is 1. The molecule has 0 saturated carbocycles. The van der Waals surface area contributed by atoms with Gasteiger partial charge in [0.15, 0.2) is 11.6 Å². The normalized spacial score (nSPS) is 17.9. The highest BCUT2D eigenvalue weighted by Gasteiger charge is 2.41. The second-order valence-electron chi connectivity index (χ2n) is 11.6. The average molecular weight is 503 g/mol. The predicted octanol–water partition coefficient (Wildman–Crippen LogP) is 8.03. The molecule has 0 spiro atoms. The van der Waals surface area contributed by atoms with Crippen LogP contribution >= 0.6 is 0 Å². The van der Waals surface area contributed by atoms with Gasteiger partial charge in [-0.2, -0.15) is 0 Å². The van der Waals surface area contributed by atoms with Crippen molar-refractivity contribution in [2.75, 3.05) is 0 Å². The van der Waals surface area contributed by atoms with Crippen LogP contribution in [0.3, 0.4) is 0 Å². The van der Waals surface area contributed by atoms with E-state index in [0.717, 1.165) is 22.8 Å². The summed E-state index contributed by atoms with van der Waals surface area (Å²) in [5, 5.41) is 1.95. The molecule has 5 aromatic carbocycles. The van der Waals surface area contributed by atoms with E-state index in [-0.39, 0.29) is 28.5 Å². The maximum absolute atomic E-state index is 13.4. The number of ketones is 2. The molecular formula is C37H26O2. The van der Waals surface area contributed by atoms with Gasteiger partial charge < -0.3 is 0 Å². The van der Waals surface area contributed by atoms with Gasteiger partial charge in [0.2, 0.25) is 0 Å². The molecule has 1 unspecified atom stereocenters. The molecule has 3 aliphatic carbocycles. The van der Waals surface area contributed by atoms with Gasteiger partial charge >= 0.3 is 0 Å². The first-order valence-corrected chi connectivity index (χ1v) is 13.6. The first-order valence-electron chi connectivity index (χ1n) is 13.6. The zero-order chi connectivity index (χ0) is 26.5. The topological polar surface area (TPSA) is 34.1 Å². The Bertz CT molecular complexity index is 1900. The molecule has 0 saturated heterocycles. The van der Waals surface area contributed by atoms with Gasteiger partial charge in [0.1, 0.15) is 0 Å². The molecule has 0 aromatic heterocycles. The van der Waals surface area contributed by atoms with Crippen molar-refractivity contribution in [3.63, 3.8) is 0 Å². The van der Waals surface area contributed by atoms with Crippen LogP contribution in [0.4, 0.5) is 0 Å². The van der Waals surface area contributed by atoms with E-state index in [1.165, 1.54) is 38.9 Å². The highest BCUT2D eigenvalue weighted by atomic mass is 16.2. The Balaban J connectivity index is 1.25. The van der Waals surface area contributed by atoms with Crippen molar-refractivity contribution in [3.8, 4) is 0 Å². The zero-order valence-electron chi connectivity index (χ0n) is 21.9. The molecule has 186 valence electrons. The van der Waals surface area contributed by atoms with Gasteiger partial charge in [-0.3, -0.25) is 9.59 Å². The number of benzene rings is 5. The van der Waals surface area contributed by atoms with E-state index in [1.54, 1.807) is 6.08 Å². The van der Waals surface area contributed by atoms with Gasteiger partial charge in [-0.25, -0.2) is 0 Å². The zero-order valence-corrected chi connectivity index (χ0v) is 21.9. The van der Waals surface area contributed by atoms with Crippen LogP contribution in [0.1, 0.15) is 85.0 Å². The summed E-state index contributed by atoms with van der Waals surface area (Å²) in [6.07, 6.45) is 2.64. The summed E-state index contributed by atoms with van der Waals surface area (Å²) in [6.45, 7) is 4.66. The summed E-state index contributed by atoms with van der Waals surface area (Å²) >= 11 is 0. The second-order valence-corrected chi connectivity index (χ2v) is 11.6. The van der Waals surface area contributed by atoms with E-state index < -0.39 is 0 Å². The number of carbonyl (C=O) groups excluding carboxylic acids is 2. The minimum absolute atomic E-state index is 0.0523.